The standard InChI is InChI=1S/C20H23ClN4O2/c1-26-18-12-19(27-2)16(21)11-15(18)17-13-25-8-4-14(10-20(25)23-17)24-7-3-5-22-6-9-24/h4,8,10-13,22H,3,5-7,9H2,1-2H3. The minimum atomic E-state index is 0.531. The van der Waals surface area contributed by atoms with Crippen molar-refractivity contribution in [1.82, 2.24) is 14.7 Å². The Morgan fingerprint density at radius 1 is 1.07 bits per heavy atom. The first-order valence-corrected chi connectivity index (χ1v) is 9.43. The molecule has 0 amide bonds. The number of pyridine rings is 1. The van der Waals surface area contributed by atoms with Crippen molar-refractivity contribution >= 4 is 22.9 Å². The summed E-state index contributed by atoms with van der Waals surface area (Å²) in [6.07, 6.45) is 5.19. The minimum Gasteiger partial charge on any atom is -0.496 e. The Labute approximate surface area is 163 Å². The summed E-state index contributed by atoms with van der Waals surface area (Å²) >= 11 is 6.32. The van der Waals surface area contributed by atoms with Crippen molar-refractivity contribution < 1.29 is 9.47 Å². The van der Waals surface area contributed by atoms with Crippen LogP contribution >= 0.6 is 11.6 Å². The van der Waals surface area contributed by atoms with E-state index in [1.54, 1.807) is 20.3 Å². The maximum Gasteiger partial charge on any atom is 0.141 e. The van der Waals surface area contributed by atoms with Gasteiger partial charge >= 0.3 is 0 Å². The Kier molecular flexibility index (Phi) is 5.09. The summed E-state index contributed by atoms with van der Waals surface area (Å²) in [5.41, 5.74) is 3.75. The number of benzene rings is 1. The van der Waals surface area contributed by atoms with Gasteiger partial charge in [0.15, 0.2) is 0 Å². The van der Waals surface area contributed by atoms with E-state index in [0.717, 1.165) is 49.5 Å². The van der Waals surface area contributed by atoms with E-state index < -0.39 is 0 Å². The fourth-order valence-electron chi connectivity index (χ4n) is 3.46. The first-order valence-electron chi connectivity index (χ1n) is 9.06. The zero-order valence-electron chi connectivity index (χ0n) is 15.5. The van der Waals surface area contributed by atoms with Crippen LogP contribution in [0.25, 0.3) is 16.9 Å². The van der Waals surface area contributed by atoms with Crippen molar-refractivity contribution in [1.29, 1.82) is 0 Å². The summed E-state index contributed by atoms with van der Waals surface area (Å²) in [7, 11) is 3.22. The SMILES string of the molecule is COc1cc(OC)c(-c2cn3ccc(N4CCCNCC4)cc3n2)cc1Cl. The van der Waals surface area contributed by atoms with Crippen LogP contribution in [0.15, 0.2) is 36.7 Å². The molecular formula is C20H23ClN4O2. The lowest BCUT2D eigenvalue weighted by molar-refractivity contribution is 0.395. The molecule has 7 heteroatoms. The lowest BCUT2D eigenvalue weighted by Gasteiger charge is -2.22. The molecule has 2 aromatic heterocycles. The molecule has 3 aromatic rings. The number of imidazole rings is 1. The van der Waals surface area contributed by atoms with E-state index in [0.29, 0.717) is 16.5 Å². The minimum absolute atomic E-state index is 0.531. The summed E-state index contributed by atoms with van der Waals surface area (Å²) in [4.78, 5) is 7.21. The molecule has 1 aliphatic rings. The van der Waals surface area contributed by atoms with E-state index in [-0.39, 0.29) is 0 Å². The molecule has 0 radical (unpaired) electrons. The third kappa shape index (κ3) is 3.55. The van der Waals surface area contributed by atoms with E-state index in [1.165, 1.54) is 5.69 Å². The average molecular weight is 387 g/mol. The Morgan fingerprint density at radius 3 is 2.74 bits per heavy atom. The predicted molar refractivity (Wildman–Crippen MR) is 108 cm³/mol. The molecule has 1 aliphatic heterocycles. The molecule has 0 aliphatic carbocycles. The van der Waals surface area contributed by atoms with Gasteiger partial charge in [0.05, 0.1) is 24.9 Å². The van der Waals surface area contributed by atoms with E-state index in [2.05, 4.69) is 28.5 Å². The van der Waals surface area contributed by atoms with Crippen molar-refractivity contribution in [2.45, 2.75) is 6.42 Å². The van der Waals surface area contributed by atoms with Gasteiger partial charge in [-0.15, -0.1) is 0 Å². The zero-order chi connectivity index (χ0) is 18.8. The Hall–Kier alpha value is -2.44. The number of nitrogens with one attached hydrogen (secondary N) is 1. The van der Waals surface area contributed by atoms with Gasteiger partial charge in [-0.25, -0.2) is 4.98 Å². The van der Waals surface area contributed by atoms with Crippen LogP contribution in [0.4, 0.5) is 5.69 Å². The Bertz CT molecular complexity index is 949. The lowest BCUT2D eigenvalue weighted by atomic mass is 10.1. The summed E-state index contributed by atoms with van der Waals surface area (Å²) in [5.74, 6) is 1.26. The second-order valence-corrected chi connectivity index (χ2v) is 6.96. The molecule has 142 valence electrons. The topological polar surface area (TPSA) is 51.0 Å². The Morgan fingerprint density at radius 2 is 1.93 bits per heavy atom. The number of methoxy groups -OCH3 is 2. The number of rotatable bonds is 4. The summed E-state index contributed by atoms with van der Waals surface area (Å²) < 4.78 is 12.8. The highest BCUT2D eigenvalue weighted by atomic mass is 35.5. The second-order valence-electron chi connectivity index (χ2n) is 6.55. The number of hydrogen-bond donors (Lipinski definition) is 1. The fraction of sp³-hybridized carbons (Fsp3) is 0.350. The highest BCUT2D eigenvalue weighted by Crippen LogP contribution is 2.38. The van der Waals surface area contributed by atoms with Crippen molar-refractivity contribution in [3.8, 4) is 22.8 Å². The molecule has 1 aromatic carbocycles. The van der Waals surface area contributed by atoms with Crippen LogP contribution in [0.5, 0.6) is 11.5 Å². The highest BCUT2D eigenvalue weighted by Gasteiger charge is 2.16. The molecule has 0 saturated carbocycles. The van der Waals surface area contributed by atoms with Gasteiger partial charge in [-0.05, 0) is 25.1 Å². The van der Waals surface area contributed by atoms with Gasteiger partial charge in [-0.2, -0.15) is 0 Å². The van der Waals surface area contributed by atoms with Gasteiger partial charge in [0, 0.05) is 55.4 Å². The fourth-order valence-corrected chi connectivity index (χ4v) is 3.70. The maximum atomic E-state index is 6.32. The molecule has 4 rings (SSSR count). The molecule has 0 bridgehead atoms. The van der Waals surface area contributed by atoms with Crippen molar-refractivity contribution in [3.63, 3.8) is 0 Å². The van der Waals surface area contributed by atoms with E-state index >= 15 is 0 Å². The van der Waals surface area contributed by atoms with Crippen LogP contribution in [0.2, 0.25) is 5.02 Å². The predicted octanol–water partition coefficient (Wildman–Crippen LogP) is 3.47. The second kappa shape index (κ2) is 7.66. The third-order valence-corrected chi connectivity index (χ3v) is 5.19. The summed E-state index contributed by atoms with van der Waals surface area (Å²) in [5, 5.41) is 3.97. The maximum absolute atomic E-state index is 6.32. The number of aromatic nitrogens is 2. The van der Waals surface area contributed by atoms with E-state index in [9.17, 15) is 0 Å². The van der Waals surface area contributed by atoms with Gasteiger partial charge in [-0.3, -0.25) is 0 Å². The van der Waals surface area contributed by atoms with Crippen molar-refractivity contribution in [2.24, 2.45) is 0 Å². The molecule has 1 N–H and O–H groups in total. The van der Waals surface area contributed by atoms with Gasteiger partial charge in [-0.1, -0.05) is 11.6 Å². The van der Waals surface area contributed by atoms with Gasteiger partial charge < -0.3 is 24.1 Å². The van der Waals surface area contributed by atoms with Crippen LogP contribution in [0, 0.1) is 0 Å². The molecular weight excluding hydrogens is 364 g/mol. The number of anilines is 1. The van der Waals surface area contributed by atoms with Crippen molar-refractivity contribution in [2.75, 3.05) is 45.3 Å². The molecule has 27 heavy (non-hydrogen) atoms. The zero-order valence-corrected chi connectivity index (χ0v) is 16.3. The molecule has 1 fully saturated rings. The highest BCUT2D eigenvalue weighted by molar-refractivity contribution is 6.32. The molecule has 6 nitrogen and oxygen atoms in total. The molecule has 1 saturated heterocycles. The van der Waals surface area contributed by atoms with Crippen LogP contribution < -0.4 is 19.7 Å². The van der Waals surface area contributed by atoms with Gasteiger partial charge in [0.1, 0.15) is 17.1 Å². The van der Waals surface area contributed by atoms with E-state index in [4.69, 9.17) is 26.1 Å². The molecule has 0 spiro atoms. The first kappa shape index (κ1) is 17.9. The normalized spacial score (nSPS) is 15.0. The average Bonchev–Trinajstić information content (AvgIpc) is 2.92. The lowest BCUT2D eigenvalue weighted by Crippen LogP contribution is -2.27. The van der Waals surface area contributed by atoms with Gasteiger partial charge in [0.2, 0.25) is 0 Å². The molecule has 3 heterocycles. The van der Waals surface area contributed by atoms with Crippen molar-refractivity contribution in [3.05, 3.63) is 41.7 Å². The first-order chi connectivity index (χ1) is 13.2. The van der Waals surface area contributed by atoms with Crippen LogP contribution in [0.1, 0.15) is 6.42 Å². The quantitative estimate of drug-likeness (QED) is 0.744. The van der Waals surface area contributed by atoms with Crippen LogP contribution in [-0.4, -0.2) is 49.8 Å². The number of halogens is 1. The number of fused-ring (bicyclic) bond motifs is 1. The summed E-state index contributed by atoms with van der Waals surface area (Å²) in [6, 6.07) is 7.90. The van der Waals surface area contributed by atoms with Crippen LogP contribution in [-0.2, 0) is 0 Å². The largest absolute Gasteiger partial charge is 0.496 e. The number of nitrogens with zero attached hydrogens (tertiary/aromatic N) is 3. The third-order valence-electron chi connectivity index (χ3n) is 4.90. The molecule has 0 unspecified atom stereocenters. The Balaban J connectivity index is 1.72. The smallest absolute Gasteiger partial charge is 0.141 e. The monoisotopic (exact) mass is 386 g/mol. The summed E-state index contributed by atoms with van der Waals surface area (Å²) in [6.45, 7) is 4.14. The number of ether oxygens (including phenoxy) is 2. The number of hydrogen-bond acceptors (Lipinski definition) is 5. The van der Waals surface area contributed by atoms with Crippen LogP contribution in [0.3, 0.4) is 0 Å². The molecule has 0 atom stereocenters. The van der Waals surface area contributed by atoms with E-state index in [1.807, 2.05) is 16.7 Å². The van der Waals surface area contributed by atoms with Gasteiger partial charge in [0.25, 0.3) is 0 Å².